The van der Waals surface area contributed by atoms with Crippen LogP contribution in [0.3, 0.4) is 0 Å². The number of ketones is 1. The third kappa shape index (κ3) is 5.93. The highest BCUT2D eigenvalue weighted by Crippen LogP contribution is 2.34. The minimum atomic E-state index is -2.79. The van der Waals surface area contributed by atoms with Crippen molar-refractivity contribution in [1.82, 2.24) is 9.78 Å². The van der Waals surface area contributed by atoms with Gasteiger partial charge in [0.15, 0.2) is 0 Å². The lowest BCUT2D eigenvalue weighted by Gasteiger charge is -2.09. The summed E-state index contributed by atoms with van der Waals surface area (Å²) >= 11 is 12.9. The van der Waals surface area contributed by atoms with Gasteiger partial charge in [-0.05, 0) is 65.8 Å². The van der Waals surface area contributed by atoms with Crippen molar-refractivity contribution in [3.8, 4) is 5.75 Å². The molecule has 0 amide bonds. The van der Waals surface area contributed by atoms with Crippen molar-refractivity contribution in [2.24, 2.45) is 5.92 Å². The average Bonchev–Trinajstić information content (AvgIpc) is 3.64. The summed E-state index contributed by atoms with van der Waals surface area (Å²) in [5, 5.41) is 5.70. The molecular weight excluding hydrogens is 544 g/mol. The Morgan fingerprint density at radius 2 is 1.92 bits per heavy atom. The van der Waals surface area contributed by atoms with Crippen molar-refractivity contribution < 1.29 is 13.7 Å². The van der Waals surface area contributed by atoms with Crippen LogP contribution in [0.4, 0.5) is 0 Å². The van der Waals surface area contributed by atoms with Crippen LogP contribution in [0.5, 0.6) is 5.75 Å². The first kappa shape index (κ1) is 26.4. The number of halogens is 1. The molecule has 0 bridgehead atoms. The highest BCUT2D eigenvalue weighted by molar-refractivity contribution is 8.33. The van der Waals surface area contributed by atoms with Crippen LogP contribution in [-0.4, -0.2) is 26.9 Å². The first-order valence-corrected chi connectivity index (χ1v) is 16.3. The van der Waals surface area contributed by atoms with E-state index < -0.39 is 8.49 Å². The molecule has 1 unspecified atom stereocenters. The van der Waals surface area contributed by atoms with E-state index in [1.54, 1.807) is 19.2 Å². The molecule has 2 aromatic heterocycles. The van der Waals surface area contributed by atoms with Gasteiger partial charge in [0.2, 0.25) is 0 Å². The second-order valence-electron chi connectivity index (χ2n) is 9.54. The van der Waals surface area contributed by atoms with Gasteiger partial charge >= 0.3 is 0 Å². The number of ether oxygens (including phenoxy) is 1. The largest absolute Gasteiger partial charge is 0.496 e. The van der Waals surface area contributed by atoms with E-state index in [0.717, 1.165) is 41.3 Å². The van der Waals surface area contributed by atoms with E-state index >= 15 is 0 Å². The summed E-state index contributed by atoms with van der Waals surface area (Å²) in [6.07, 6.45) is 5.81. The topological polar surface area (TPSA) is 61.2 Å². The van der Waals surface area contributed by atoms with Gasteiger partial charge in [0.05, 0.1) is 53.0 Å². The lowest BCUT2D eigenvalue weighted by molar-refractivity contribution is -0.122. The lowest BCUT2D eigenvalue weighted by Crippen LogP contribution is -2.11. The second-order valence-corrected chi connectivity index (χ2v) is 15.1. The summed E-state index contributed by atoms with van der Waals surface area (Å²) in [5.41, 5.74) is 3.79. The number of carbonyl (C=O) groups is 1. The number of hydrogen-bond donors (Lipinski definition) is 0. The monoisotopic (exact) mass is 572 g/mol. The predicted octanol–water partition coefficient (Wildman–Crippen LogP) is 6.81. The molecule has 9 heteroatoms. The van der Waals surface area contributed by atoms with Crippen molar-refractivity contribution in [3.63, 3.8) is 0 Å². The number of carbonyl (C=O) groups excluding carboxylic acids is 1. The van der Waals surface area contributed by atoms with Crippen molar-refractivity contribution in [1.29, 1.82) is 0 Å². The Morgan fingerprint density at radius 3 is 2.65 bits per heavy atom. The maximum atomic E-state index is 13.5. The molecule has 1 aliphatic carbocycles. The van der Waals surface area contributed by atoms with Gasteiger partial charge in [-0.1, -0.05) is 54.8 Å². The van der Waals surface area contributed by atoms with E-state index in [2.05, 4.69) is 18.2 Å². The molecule has 0 N–H and O–H groups in total. The van der Waals surface area contributed by atoms with Crippen molar-refractivity contribution in [3.05, 3.63) is 75.8 Å². The van der Waals surface area contributed by atoms with Gasteiger partial charge in [-0.25, -0.2) is 0 Å². The number of aryl methyl sites for hydroxylation is 1. The third-order valence-electron chi connectivity index (χ3n) is 7.01. The van der Waals surface area contributed by atoms with E-state index in [1.165, 1.54) is 24.2 Å². The molecule has 1 saturated carbocycles. The molecule has 1 atom stereocenters. The SMILES string of the molecule is COc1cccc2c1c(CS(=O)(=S)c1ccc(Cl)s1)nn2Cc1cccc(CCC(=O)C2CCCC2)c1. The molecule has 37 heavy (non-hydrogen) atoms. The Kier molecular flexibility index (Phi) is 8.00. The fraction of sp³-hybridized carbons (Fsp3) is 0.357. The minimum absolute atomic E-state index is 0.117. The summed E-state index contributed by atoms with van der Waals surface area (Å²) in [6.45, 7) is 0.539. The average molecular weight is 573 g/mol. The summed E-state index contributed by atoms with van der Waals surface area (Å²) in [5.74, 6) is 1.45. The van der Waals surface area contributed by atoms with Crippen LogP contribution >= 0.6 is 22.9 Å². The standard InChI is InChI=1S/C28H29ClN2O3S3/c1-34-25-11-5-10-23-28(25)22(18-37(33,35)27-15-14-26(29)36-27)30-31(23)17-20-7-4-6-19(16-20)12-13-24(32)21-8-2-3-9-21/h4-7,10-11,14-16,21H,2-3,8-9,12-13,17-18H2,1H3. The first-order chi connectivity index (χ1) is 17.8. The zero-order chi connectivity index (χ0) is 26.0. The zero-order valence-corrected chi connectivity index (χ0v) is 23.9. The molecule has 2 aromatic carbocycles. The minimum Gasteiger partial charge on any atom is -0.496 e. The fourth-order valence-corrected chi connectivity index (χ4v) is 8.81. The van der Waals surface area contributed by atoms with Gasteiger partial charge in [-0.2, -0.15) is 5.10 Å². The number of hydrogen-bond acceptors (Lipinski definition) is 6. The van der Waals surface area contributed by atoms with E-state index in [-0.39, 0.29) is 11.7 Å². The molecule has 4 aromatic rings. The Balaban J connectivity index is 1.41. The van der Waals surface area contributed by atoms with Crippen molar-refractivity contribution >= 4 is 59.3 Å². The quantitative estimate of drug-likeness (QED) is 0.209. The summed E-state index contributed by atoms with van der Waals surface area (Å²) in [7, 11) is -1.17. The molecule has 5 nitrogen and oxygen atoms in total. The summed E-state index contributed by atoms with van der Waals surface area (Å²) in [6, 6.07) is 17.6. The Hall–Kier alpha value is -2.26. The van der Waals surface area contributed by atoms with Gasteiger partial charge in [-0.3, -0.25) is 13.7 Å². The molecule has 2 heterocycles. The summed E-state index contributed by atoms with van der Waals surface area (Å²) in [4.78, 5) is 12.6. The van der Waals surface area contributed by atoms with Crippen LogP contribution in [0.1, 0.15) is 48.9 Å². The molecule has 1 fully saturated rings. The smallest absolute Gasteiger partial charge is 0.136 e. The van der Waals surface area contributed by atoms with E-state index in [0.29, 0.717) is 38.7 Å². The van der Waals surface area contributed by atoms with Gasteiger partial charge in [0, 0.05) is 12.3 Å². The Morgan fingerprint density at radius 1 is 1.16 bits per heavy atom. The predicted molar refractivity (Wildman–Crippen MR) is 154 cm³/mol. The van der Waals surface area contributed by atoms with Gasteiger partial charge in [0.1, 0.15) is 11.5 Å². The number of benzene rings is 2. The Bertz CT molecular complexity index is 1540. The number of methoxy groups -OCH3 is 1. The van der Waals surface area contributed by atoms with Gasteiger partial charge in [0.25, 0.3) is 0 Å². The number of fused-ring (bicyclic) bond motifs is 1. The van der Waals surface area contributed by atoms with Crippen LogP contribution in [-0.2, 0) is 43.2 Å². The van der Waals surface area contributed by atoms with Crippen LogP contribution in [0.15, 0.2) is 58.8 Å². The molecular formula is C28H29ClN2O3S3. The normalized spacial score (nSPS) is 15.7. The second kappa shape index (κ2) is 11.2. The summed E-state index contributed by atoms with van der Waals surface area (Å²) < 4.78 is 22.2. The van der Waals surface area contributed by atoms with Crippen LogP contribution in [0.25, 0.3) is 10.9 Å². The van der Waals surface area contributed by atoms with E-state index in [9.17, 15) is 9.00 Å². The van der Waals surface area contributed by atoms with Gasteiger partial charge < -0.3 is 4.74 Å². The maximum absolute atomic E-state index is 13.5. The Labute approximate surface area is 231 Å². The highest BCUT2D eigenvalue weighted by atomic mass is 35.5. The van der Waals surface area contributed by atoms with Crippen molar-refractivity contribution in [2.45, 2.75) is 55.0 Å². The van der Waals surface area contributed by atoms with Gasteiger partial charge in [-0.15, -0.1) is 11.3 Å². The zero-order valence-electron chi connectivity index (χ0n) is 20.7. The molecule has 0 saturated heterocycles. The third-order valence-corrected chi connectivity index (χ3v) is 11.7. The van der Waals surface area contributed by atoms with Crippen molar-refractivity contribution in [2.75, 3.05) is 7.11 Å². The highest BCUT2D eigenvalue weighted by Gasteiger charge is 2.23. The number of Topliss-reactive ketones (excluding diaryl/α,β-unsaturated/α-hetero) is 1. The molecule has 0 aliphatic heterocycles. The van der Waals surface area contributed by atoms with Crippen LogP contribution < -0.4 is 4.74 Å². The fourth-order valence-electron chi connectivity index (χ4n) is 5.16. The molecule has 1 aliphatic rings. The number of rotatable bonds is 10. The maximum Gasteiger partial charge on any atom is 0.136 e. The number of aromatic nitrogens is 2. The number of thiophene rings is 1. The lowest BCUT2D eigenvalue weighted by atomic mass is 9.96. The number of nitrogens with zero attached hydrogens (tertiary/aromatic N) is 2. The molecule has 194 valence electrons. The molecule has 0 spiro atoms. The van der Waals surface area contributed by atoms with E-state index in [1.807, 2.05) is 28.9 Å². The molecule has 5 rings (SSSR count). The molecule has 0 radical (unpaired) electrons. The van der Waals surface area contributed by atoms with Crippen LogP contribution in [0.2, 0.25) is 4.34 Å². The first-order valence-electron chi connectivity index (χ1n) is 12.4. The van der Waals surface area contributed by atoms with E-state index in [4.69, 9.17) is 32.6 Å². The van der Waals surface area contributed by atoms with Crippen LogP contribution in [0, 0.1) is 5.92 Å².